The van der Waals surface area contributed by atoms with Crippen molar-refractivity contribution in [1.29, 1.82) is 0 Å². The van der Waals surface area contributed by atoms with Gasteiger partial charge in [0.1, 0.15) is 5.82 Å². The molecular formula is C17H15FN2O. The monoisotopic (exact) mass is 282 g/mol. The van der Waals surface area contributed by atoms with Crippen molar-refractivity contribution >= 4 is 16.8 Å². The maximum Gasteiger partial charge on any atom is 0.248 e. The van der Waals surface area contributed by atoms with Crippen LogP contribution in [-0.4, -0.2) is 10.5 Å². The van der Waals surface area contributed by atoms with Crippen molar-refractivity contribution in [2.45, 2.75) is 13.5 Å². The molecule has 0 aliphatic carbocycles. The molecule has 0 fully saturated rings. The van der Waals surface area contributed by atoms with Crippen LogP contribution in [0.5, 0.6) is 0 Å². The average Bonchev–Trinajstić information content (AvgIpc) is 2.83. The first-order valence-corrected chi connectivity index (χ1v) is 6.68. The number of carbonyl (C=O) groups excluding carboxylic acids is 1. The Morgan fingerprint density at radius 2 is 2.00 bits per heavy atom. The van der Waals surface area contributed by atoms with Crippen LogP contribution in [0, 0.1) is 12.7 Å². The second kappa shape index (κ2) is 5.05. The van der Waals surface area contributed by atoms with Gasteiger partial charge in [-0.1, -0.05) is 12.1 Å². The van der Waals surface area contributed by atoms with Gasteiger partial charge in [-0.2, -0.15) is 0 Å². The van der Waals surface area contributed by atoms with Gasteiger partial charge in [0, 0.05) is 22.8 Å². The lowest BCUT2D eigenvalue weighted by molar-refractivity contribution is 0.1000. The summed E-state index contributed by atoms with van der Waals surface area (Å²) in [7, 11) is 0. The summed E-state index contributed by atoms with van der Waals surface area (Å²) in [5, 5.41) is 1.10. The second-order valence-electron chi connectivity index (χ2n) is 5.18. The van der Waals surface area contributed by atoms with E-state index in [0.717, 1.165) is 16.5 Å². The van der Waals surface area contributed by atoms with Gasteiger partial charge < -0.3 is 10.3 Å². The number of carbonyl (C=O) groups is 1. The number of nitrogens with zero attached hydrogens (tertiary/aromatic N) is 1. The third kappa shape index (κ3) is 2.52. The first-order valence-electron chi connectivity index (χ1n) is 6.68. The Balaban J connectivity index is 2.04. The van der Waals surface area contributed by atoms with Gasteiger partial charge in [0.2, 0.25) is 5.91 Å². The van der Waals surface area contributed by atoms with E-state index >= 15 is 0 Å². The molecule has 106 valence electrons. The molecule has 1 aromatic heterocycles. The summed E-state index contributed by atoms with van der Waals surface area (Å²) in [6.45, 7) is 2.38. The smallest absolute Gasteiger partial charge is 0.248 e. The maximum absolute atomic E-state index is 13.9. The zero-order valence-electron chi connectivity index (χ0n) is 11.6. The Morgan fingerprint density at radius 1 is 1.19 bits per heavy atom. The van der Waals surface area contributed by atoms with E-state index in [9.17, 15) is 9.18 Å². The van der Waals surface area contributed by atoms with E-state index in [-0.39, 0.29) is 5.82 Å². The molecule has 2 aromatic carbocycles. The summed E-state index contributed by atoms with van der Waals surface area (Å²) in [6, 6.07) is 12.3. The summed E-state index contributed by atoms with van der Waals surface area (Å²) in [4.78, 5) is 11.2. The molecule has 3 rings (SSSR count). The number of nitrogens with two attached hydrogens (primary N) is 1. The average molecular weight is 282 g/mol. The largest absolute Gasteiger partial charge is 0.366 e. The number of hydrogen-bond acceptors (Lipinski definition) is 1. The molecule has 0 bridgehead atoms. The van der Waals surface area contributed by atoms with Crippen LogP contribution in [-0.2, 0) is 6.54 Å². The van der Waals surface area contributed by atoms with Crippen molar-refractivity contribution < 1.29 is 9.18 Å². The minimum Gasteiger partial charge on any atom is -0.366 e. The fraction of sp³-hybridized carbons (Fsp3) is 0.118. The van der Waals surface area contributed by atoms with Crippen LogP contribution < -0.4 is 5.73 Å². The molecule has 0 unspecified atom stereocenters. The Labute approximate surface area is 121 Å². The lowest BCUT2D eigenvalue weighted by atomic mass is 10.1. The fourth-order valence-electron chi connectivity index (χ4n) is 2.46. The normalized spacial score (nSPS) is 11.0. The maximum atomic E-state index is 13.9. The van der Waals surface area contributed by atoms with Gasteiger partial charge in [0.25, 0.3) is 0 Å². The molecule has 0 atom stereocenters. The van der Waals surface area contributed by atoms with Crippen molar-refractivity contribution in [3.63, 3.8) is 0 Å². The van der Waals surface area contributed by atoms with E-state index in [1.54, 1.807) is 0 Å². The molecule has 0 aliphatic rings. The molecule has 2 N–H and O–H groups in total. The fourth-order valence-corrected chi connectivity index (χ4v) is 2.46. The standard InChI is InChI=1S/C17H15FN2O/c1-11-2-3-12-6-7-20(16(12)8-11)10-14-9-13(17(19)21)4-5-15(14)18/h2-9H,10H2,1H3,(H2,19,21). The number of benzene rings is 2. The summed E-state index contributed by atoms with van der Waals surface area (Å²) in [5.74, 6) is -0.890. The molecule has 0 aliphatic heterocycles. The number of fused-ring (bicyclic) bond motifs is 1. The number of hydrogen-bond donors (Lipinski definition) is 1. The molecule has 0 saturated carbocycles. The van der Waals surface area contributed by atoms with Crippen LogP contribution in [0.4, 0.5) is 4.39 Å². The van der Waals surface area contributed by atoms with Gasteiger partial charge in [-0.3, -0.25) is 4.79 Å². The van der Waals surface area contributed by atoms with E-state index in [1.807, 2.05) is 35.9 Å². The number of primary amides is 1. The van der Waals surface area contributed by atoms with Crippen molar-refractivity contribution in [2.24, 2.45) is 5.73 Å². The summed E-state index contributed by atoms with van der Waals surface area (Å²) in [5.41, 5.74) is 8.20. The predicted molar refractivity (Wildman–Crippen MR) is 80.7 cm³/mol. The van der Waals surface area contributed by atoms with E-state index < -0.39 is 5.91 Å². The number of aryl methyl sites for hydroxylation is 1. The van der Waals surface area contributed by atoms with Gasteiger partial charge in [0.05, 0.1) is 6.54 Å². The molecule has 1 amide bonds. The highest BCUT2D eigenvalue weighted by atomic mass is 19.1. The Bertz CT molecular complexity index is 836. The molecule has 3 nitrogen and oxygen atoms in total. The van der Waals surface area contributed by atoms with Crippen LogP contribution in [0.25, 0.3) is 10.9 Å². The molecule has 0 spiro atoms. The summed E-state index contributed by atoms with van der Waals surface area (Å²) in [6.07, 6.45) is 1.92. The highest BCUT2D eigenvalue weighted by Gasteiger charge is 2.09. The zero-order valence-corrected chi connectivity index (χ0v) is 11.6. The molecule has 0 saturated heterocycles. The minimum atomic E-state index is -0.551. The highest BCUT2D eigenvalue weighted by molar-refractivity contribution is 5.92. The van der Waals surface area contributed by atoms with Crippen LogP contribution in [0.1, 0.15) is 21.5 Å². The molecule has 0 radical (unpaired) electrons. The van der Waals surface area contributed by atoms with Crippen LogP contribution >= 0.6 is 0 Å². The zero-order chi connectivity index (χ0) is 15.0. The molecule has 21 heavy (non-hydrogen) atoms. The van der Waals surface area contributed by atoms with Crippen molar-refractivity contribution in [1.82, 2.24) is 4.57 Å². The molecule has 1 heterocycles. The lowest BCUT2D eigenvalue weighted by Gasteiger charge is -2.08. The van der Waals surface area contributed by atoms with E-state index in [2.05, 4.69) is 6.07 Å². The topological polar surface area (TPSA) is 48.0 Å². The SMILES string of the molecule is Cc1ccc2ccn(Cc3cc(C(N)=O)ccc3F)c2c1. The minimum absolute atomic E-state index is 0.319. The first-order chi connectivity index (χ1) is 10.0. The lowest BCUT2D eigenvalue weighted by Crippen LogP contribution is -2.12. The Hall–Kier alpha value is -2.62. The van der Waals surface area contributed by atoms with E-state index in [1.165, 1.54) is 18.2 Å². The second-order valence-corrected chi connectivity index (χ2v) is 5.18. The summed E-state index contributed by atoms with van der Waals surface area (Å²) >= 11 is 0. The van der Waals surface area contributed by atoms with Crippen LogP contribution in [0.3, 0.4) is 0 Å². The van der Waals surface area contributed by atoms with E-state index in [0.29, 0.717) is 17.7 Å². The number of aromatic nitrogens is 1. The first kappa shape index (κ1) is 13.4. The van der Waals surface area contributed by atoms with E-state index in [4.69, 9.17) is 5.73 Å². The van der Waals surface area contributed by atoms with Gasteiger partial charge in [-0.05, 0) is 48.2 Å². The quantitative estimate of drug-likeness (QED) is 0.787. The number of amides is 1. The summed E-state index contributed by atoms with van der Waals surface area (Å²) < 4.78 is 15.9. The molecular weight excluding hydrogens is 267 g/mol. The molecule has 3 aromatic rings. The van der Waals surface area contributed by atoms with Crippen LogP contribution in [0.15, 0.2) is 48.7 Å². The van der Waals surface area contributed by atoms with Gasteiger partial charge >= 0.3 is 0 Å². The van der Waals surface area contributed by atoms with Crippen molar-refractivity contribution in [3.8, 4) is 0 Å². The van der Waals surface area contributed by atoms with Gasteiger partial charge in [0.15, 0.2) is 0 Å². The van der Waals surface area contributed by atoms with Gasteiger partial charge in [-0.15, -0.1) is 0 Å². The van der Waals surface area contributed by atoms with Gasteiger partial charge in [-0.25, -0.2) is 4.39 Å². The Kier molecular flexibility index (Phi) is 3.22. The third-order valence-electron chi connectivity index (χ3n) is 3.60. The Morgan fingerprint density at radius 3 is 2.76 bits per heavy atom. The molecule has 4 heteroatoms. The number of rotatable bonds is 3. The van der Waals surface area contributed by atoms with Crippen LogP contribution in [0.2, 0.25) is 0 Å². The third-order valence-corrected chi connectivity index (χ3v) is 3.60. The highest BCUT2D eigenvalue weighted by Crippen LogP contribution is 2.20. The van der Waals surface area contributed by atoms with Crippen molar-refractivity contribution in [3.05, 3.63) is 71.2 Å². The predicted octanol–water partition coefficient (Wildman–Crippen LogP) is 3.24. The number of halogens is 1. The van der Waals surface area contributed by atoms with Crippen molar-refractivity contribution in [2.75, 3.05) is 0 Å².